The van der Waals surface area contributed by atoms with Crippen molar-refractivity contribution in [3.05, 3.63) is 191 Å². The lowest BCUT2D eigenvalue weighted by molar-refractivity contribution is 0.132. The van der Waals surface area contributed by atoms with Crippen molar-refractivity contribution in [3.63, 3.8) is 0 Å². The quantitative estimate of drug-likeness (QED) is 0.216. The van der Waals surface area contributed by atoms with Gasteiger partial charge in [-0.25, -0.2) is 8.78 Å². The van der Waals surface area contributed by atoms with Crippen molar-refractivity contribution in [2.24, 2.45) is 0 Å². The maximum atomic E-state index is 18.1. The van der Waals surface area contributed by atoms with E-state index < -0.39 is 11.8 Å². The molecular weight excluding hydrogens is 494 g/mol. The summed E-state index contributed by atoms with van der Waals surface area (Å²) in [6.07, 6.45) is -1.89. The van der Waals surface area contributed by atoms with Gasteiger partial charge in [0.15, 0.2) is 11.8 Å². The minimum Gasteiger partial charge on any atom is -0.238 e. The topological polar surface area (TPSA) is 0 Å². The van der Waals surface area contributed by atoms with Crippen molar-refractivity contribution < 1.29 is 8.78 Å². The maximum absolute atomic E-state index is 18.1. The van der Waals surface area contributed by atoms with Gasteiger partial charge in [-0.3, -0.25) is 0 Å². The molecule has 2 atom stereocenters. The molecule has 0 N–H and O–H groups in total. The lowest BCUT2D eigenvalue weighted by atomic mass is 9.81. The van der Waals surface area contributed by atoms with Gasteiger partial charge in [0, 0.05) is 11.1 Å². The van der Waals surface area contributed by atoms with Gasteiger partial charge in [0.25, 0.3) is 0 Å². The monoisotopic (exact) mass is 520 g/mol. The molecule has 0 aromatic heterocycles. The Bertz CT molecular complexity index is 1770. The van der Waals surface area contributed by atoms with Crippen LogP contribution in [0.5, 0.6) is 0 Å². The number of halogens is 2. The van der Waals surface area contributed by atoms with Crippen LogP contribution in [0.25, 0.3) is 22.3 Å². The lowest BCUT2D eigenvalue weighted by Gasteiger charge is -2.28. The highest BCUT2D eigenvalue weighted by molar-refractivity contribution is 6.28. The van der Waals surface area contributed by atoms with E-state index in [1.807, 2.05) is 115 Å². The summed E-state index contributed by atoms with van der Waals surface area (Å²) in [4.78, 5) is 0. The second-order valence-corrected chi connectivity index (χ2v) is 10.2. The molecule has 0 aliphatic heterocycles. The SMILES string of the molecule is FC1C(c2ccccc2)=C2C(c3ccccc3)=C(c3ccccc3)C(c3ccccc3)=C2C1(F)c1ccccc1. The number of alkyl halides is 2. The van der Waals surface area contributed by atoms with Crippen molar-refractivity contribution in [3.8, 4) is 0 Å². The number of benzene rings is 5. The van der Waals surface area contributed by atoms with E-state index in [-0.39, 0.29) is 0 Å². The Balaban J connectivity index is 1.69. The molecule has 0 saturated carbocycles. The molecule has 0 fully saturated rings. The van der Waals surface area contributed by atoms with Crippen LogP contribution in [0, 0.1) is 0 Å². The highest BCUT2D eigenvalue weighted by Gasteiger charge is 2.58. The van der Waals surface area contributed by atoms with Crippen molar-refractivity contribution in [2.75, 3.05) is 0 Å². The summed E-state index contributed by atoms with van der Waals surface area (Å²) in [7, 11) is 0. The van der Waals surface area contributed by atoms with Gasteiger partial charge in [-0.05, 0) is 50.1 Å². The molecule has 0 amide bonds. The molecule has 0 heterocycles. The van der Waals surface area contributed by atoms with Gasteiger partial charge >= 0.3 is 0 Å². The lowest BCUT2D eigenvalue weighted by Crippen LogP contribution is -2.31. The van der Waals surface area contributed by atoms with E-state index in [0.29, 0.717) is 27.8 Å². The summed E-state index contributed by atoms with van der Waals surface area (Å²) in [5.41, 5.74) is 5.32. The van der Waals surface area contributed by atoms with Crippen molar-refractivity contribution in [1.29, 1.82) is 0 Å². The first-order valence-corrected chi connectivity index (χ1v) is 13.5. The summed E-state index contributed by atoms with van der Waals surface area (Å²) in [5.74, 6) is 0. The van der Waals surface area contributed by atoms with Gasteiger partial charge in [-0.1, -0.05) is 152 Å². The molecular formula is C38H26F2. The average Bonchev–Trinajstić information content (AvgIpc) is 3.49. The molecule has 0 nitrogen and oxygen atoms in total. The normalized spacial score (nSPS) is 20.3. The molecule has 40 heavy (non-hydrogen) atoms. The zero-order valence-corrected chi connectivity index (χ0v) is 21.8. The molecule has 2 aliphatic carbocycles. The van der Waals surface area contributed by atoms with E-state index in [9.17, 15) is 0 Å². The standard InChI is InChI=1S/C38H26F2/c39-37-34(29-22-12-4-13-23-29)35-32(27-18-8-2-9-19-27)31(26-16-6-1-7-17-26)33(28-20-10-3-11-21-28)36(35)38(37,40)30-24-14-5-15-25-30/h1-25,37H. The molecule has 5 aromatic carbocycles. The fourth-order valence-electron chi connectivity index (χ4n) is 6.27. The maximum Gasteiger partial charge on any atom is 0.197 e. The molecule has 0 bridgehead atoms. The molecule has 192 valence electrons. The molecule has 0 saturated heterocycles. The highest BCUT2D eigenvalue weighted by atomic mass is 19.2. The fraction of sp³-hybridized carbons (Fsp3) is 0.0526. The fourth-order valence-corrected chi connectivity index (χ4v) is 6.27. The zero-order chi connectivity index (χ0) is 27.1. The molecule has 0 spiro atoms. The summed E-state index contributed by atoms with van der Waals surface area (Å²) in [6.45, 7) is 0. The van der Waals surface area contributed by atoms with Gasteiger partial charge in [0.05, 0.1) is 0 Å². The largest absolute Gasteiger partial charge is 0.238 e. The smallest absolute Gasteiger partial charge is 0.197 e. The Morgan fingerprint density at radius 1 is 0.400 bits per heavy atom. The van der Waals surface area contributed by atoms with Gasteiger partial charge < -0.3 is 0 Å². The summed E-state index contributed by atoms with van der Waals surface area (Å²) >= 11 is 0. The second-order valence-electron chi connectivity index (χ2n) is 10.2. The van der Waals surface area contributed by atoms with E-state index >= 15 is 8.78 Å². The van der Waals surface area contributed by atoms with Gasteiger partial charge in [-0.15, -0.1) is 0 Å². The Kier molecular flexibility index (Phi) is 5.90. The zero-order valence-electron chi connectivity index (χ0n) is 21.8. The van der Waals surface area contributed by atoms with Crippen LogP contribution < -0.4 is 0 Å². The van der Waals surface area contributed by atoms with E-state index in [0.717, 1.165) is 33.4 Å². The summed E-state index contributed by atoms with van der Waals surface area (Å²) in [6, 6.07) is 48.2. The Labute approximate surface area is 233 Å². The summed E-state index contributed by atoms with van der Waals surface area (Å²) < 4.78 is 35.3. The second kappa shape index (κ2) is 9.73. The molecule has 2 aliphatic rings. The van der Waals surface area contributed by atoms with Gasteiger partial charge in [0.2, 0.25) is 0 Å². The molecule has 0 radical (unpaired) electrons. The number of rotatable bonds is 5. The third-order valence-electron chi connectivity index (χ3n) is 7.95. The first-order chi connectivity index (χ1) is 19.7. The van der Waals surface area contributed by atoms with E-state index in [1.165, 1.54) is 0 Å². The van der Waals surface area contributed by atoms with Crippen LogP contribution in [0.4, 0.5) is 8.78 Å². The highest BCUT2D eigenvalue weighted by Crippen LogP contribution is 2.65. The first-order valence-electron chi connectivity index (χ1n) is 13.5. The van der Waals surface area contributed by atoms with Crippen molar-refractivity contribution in [1.82, 2.24) is 0 Å². The first kappa shape index (κ1) is 24.2. The third-order valence-corrected chi connectivity index (χ3v) is 7.95. The molecule has 7 rings (SSSR count). The van der Waals surface area contributed by atoms with Crippen molar-refractivity contribution in [2.45, 2.75) is 11.8 Å². The Morgan fingerprint density at radius 3 is 1.20 bits per heavy atom. The van der Waals surface area contributed by atoms with Crippen LogP contribution in [0.2, 0.25) is 0 Å². The minimum absolute atomic E-state index is 0.316. The minimum atomic E-state index is -2.39. The Morgan fingerprint density at radius 2 is 0.750 bits per heavy atom. The molecule has 2 unspecified atom stereocenters. The number of hydrogen-bond donors (Lipinski definition) is 0. The van der Waals surface area contributed by atoms with Crippen LogP contribution in [-0.4, -0.2) is 6.17 Å². The van der Waals surface area contributed by atoms with Gasteiger partial charge in [0.1, 0.15) is 0 Å². The van der Waals surface area contributed by atoms with Crippen molar-refractivity contribution >= 4 is 22.3 Å². The van der Waals surface area contributed by atoms with E-state index in [4.69, 9.17) is 0 Å². The molecule has 2 heteroatoms. The van der Waals surface area contributed by atoms with Crippen LogP contribution in [-0.2, 0) is 5.67 Å². The Hall–Kier alpha value is -4.82. The van der Waals surface area contributed by atoms with Gasteiger partial charge in [-0.2, -0.15) is 0 Å². The molecule has 5 aromatic rings. The predicted octanol–water partition coefficient (Wildman–Crippen LogP) is 9.74. The van der Waals surface area contributed by atoms with E-state index in [2.05, 4.69) is 12.1 Å². The van der Waals surface area contributed by atoms with Crippen LogP contribution in [0.15, 0.2) is 163 Å². The third kappa shape index (κ3) is 3.64. The predicted molar refractivity (Wildman–Crippen MR) is 161 cm³/mol. The van der Waals surface area contributed by atoms with E-state index in [1.54, 1.807) is 24.3 Å². The average molecular weight is 521 g/mol. The number of fused-ring (bicyclic) bond motifs is 1. The number of hydrogen-bond acceptors (Lipinski definition) is 0. The number of allylic oxidation sites excluding steroid dienone is 6. The van der Waals surface area contributed by atoms with Crippen LogP contribution in [0.1, 0.15) is 27.8 Å². The van der Waals surface area contributed by atoms with Crippen LogP contribution >= 0.6 is 0 Å². The van der Waals surface area contributed by atoms with Crippen LogP contribution in [0.3, 0.4) is 0 Å². The summed E-state index contributed by atoms with van der Waals surface area (Å²) in [5, 5.41) is 0.